The normalized spacial score (nSPS) is 14.3. The van der Waals surface area contributed by atoms with Gasteiger partial charge in [-0.05, 0) is 66.2 Å². The second-order valence-corrected chi connectivity index (χ2v) is 7.81. The second kappa shape index (κ2) is 9.98. The number of aliphatic imine (C=N–C) groups is 1. The van der Waals surface area contributed by atoms with Crippen molar-refractivity contribution in [1.29, 1.82) is 0 Å². The van der Waals surface area contributed by atoms with Crippen LogP contribution < -0.4 is 9.64 Å². The molecule has 0 radical (unpaired) electrons. The van der Waals surface area contributed by atoms with E-state index in [0.29, 0.717) is 16.7 Å². The molecule has 0 saturated carbocycles. The first-order valence-electron chi connectivity index (χ1n) is 9.81. The van der Waals surface area contributed by atoms with Gasteiger partial charge < -0.3 is 14.4 Å². The van der Waals surface area contributed by atoms with Crippen LogP contribution in [0, 0.1) is 0 Å². The minimum absolute atomic E-state index is 0.388. The summed E-state index contributed by atoms with van der Waals surface area (Å²) in [6.07, 6.45) is 1.85. The average Bonchev–Trinajstić information content (AvgIpc) is 2.79. The quantitative estimate of drug-likeness (QED) is 0.430. The molecular weight excluding hydrogens is 419 g/mol. The predicted octanol–water partition coefficient (Wildman–Crippen LogP) is 6.16. The van der Waals surface area contributed by atoms with Crippen molar-refractivity contribution < 1.29 is 9.47 Å². The van der Waals surface area contributed by atoms with Crippen LogP contribution in [0.25, 0.3) is 0 Å². The van der Waals surface area contributed by atoms with Crippen molar-refractivity contribution >= 4 is 40.8 Å². The van der Waals surface area contributed by atoms with E-state index in [1.165, 1.54) is 5.69 Å². The number of ether oxygens (including phenoxy) is 2. The third-order valence-electron chi connectivity index (χ3n) is 4.88. The topological polar surface area (TPSA) is 34.1 Å². The molecular formula is C24H22Cl2N2O2. The van der Waals surface area contributed by atoms with Gasteiger partial charge in [-0.15, -0.1) is 0 Å². The lowest BCUT2D eigenvalue weighted by Crippen LogP contribution is -2.36. The molecule has 1 fully saturated rings. The van der Waals surface area contributed by atoms with Crippen LogP contribution in [0.1, 0.15) is 11.1 Å². The molecule has 0 unspecified atom stereocenters. The number of benzene rings is 3. The molecule has 1 heterocycles. The Morgan fingerprint density at radius 2 is 1.67 bits per heavy atom. The van der Waals surface area contributed by atoms with Gasteiger partial charge in [0, 0.05) is 40.6 Å². The fourth-order valence-corrected chi connectivity index (χ4v) is 3.63. The Morgan fingerprint density at radius 1 is 0.933 bits per heavy atom. The lowest BCUT2D eigenvalue weighted by Gasteiger charge is -2.28. The maximum Gasteiger partial charge on any atom is 0.119 e. The minimum atomic E-state index is 0.388. The molecule has 0 amide bonds. The van der Waals surface area contributed by atoms with Crippen LogP contribution in [-0.2, 0) is 11.3 Å². The Bertz CT molecular complexity index is 999. The summed E-state index contributed by atoms with van der Waals surface area (Å²) in [4.78, 5) is 6.89. The maximum atomic E-state index is 6.18. The first-order chi connectivity index (χ1) is 14.7. The highest BCUT2D eigenvalue weighted by Gasteiger charge is 2.10. The van der Waals surface area contributed by atoms with E-state index in [1.807, 2.05) is 48.7 Å². The SMILES string of the molecule is Clc1ccc(COc2ccc(C=Nc3ccc(N4CCOCC4)cc3)cc2)c(Cl)c1. The number of halogens is 2. The summed E-state index contributed by atoms with van der Waals surface area (Å²) in [5, 5.41) is 1.22. The summed E-state index contributed by atoms with van der Waals surface area (Å²) in [7, 11) is 0. The van der Waals surface area contributed by atoms with Gasteiger partial charge in [0.05, 0.1) is 18.9 Å². The zero-order valence-electron chi connectivity index (χ0n) is 16.4. The predicted molar refractivity (Wildman–Crippen MR) is 124 cm³/mol. The number of morpholine rings is 1. The largest absolute Gasteiger partial charge is 0.489 e. The van der Waals surface area contributed by atoms with Gasteiger partial charge in [-0.3, -0.25) is 4.99 Å². The monoisotopic (exact) mass is 440 g/mol. The standard InChI is InChI=1S/C24H22Cl2N2O2/c25-20-4-3-19(24(26)15-20)17-30-23-9-1-18(2-10-23)16-27-21-5-7-22(8-6-21)28-11-13-29-14-12-28/h1-10,15-16H,11-14,17H2. The zero-order chi connectivity index (χ0) is 20.8. The Balaban J connectivity index is 1.33. The molecule has 1 saturated heterocycles. The molecule has 1 aliphatic heterocycles. The van der Waals surface area contributed by atoms with E-state index in [1.54, 1.807) is 12.1 Å². The fourth-order valence-electron chi connectivity index (χ4n) is 3.17. The van der Waals surface area contributed by atoms with Crippen molar-refractivity contribution in [3.63, 3.8) is 0 Å². The summed E-state index contributed by atoms with van der Waals surface area (Å²) >= 11 is 12.1. The molecule has 154 valence electrons. The van der Waals surface area contributed by atoms with Crippen LogP contribution in [-0.4, -0.2) is 32.5 Å². The molecule has 0 spiro atoms. The van der Waals surface area contributed by atoms with E-state index < -0.39 is 0 Å². The van der Waals surface area contributed by atoms with E-state index in [0.717, 1.165) is 48.9 Å². The average molecular weight is 441 g/mol. The van der Waals surface area contributed by atoms with Crippen LogP contribution >= 0.6 is 23.2 Å². The van der Waals surface area contributed by atoms with Crippen LogP contribution in [0.3, 0.4) is 0 Å². The Hall–Kier alpha value is -2.53. The van der Waals surface area contributed by atoms with Crippen molar-refractivity contribution in [2.45, 2.75) is 6.61 Å². The van der Waals surface area contributed by atoms with E-state index >= 15 is 0 Å². The molecule has 0 N–H and O–H groups in total. The molecule has 0 aromatic heterocycles. The molecule has 0 aliphatic carbocycles. The minimum Gasteiger partial charge on any atom is -0.489 e. The number of hydrogen-bond acceptors (Lipinski definition) is 4. The molecule has 0 bridgehead atoms. The molecule has 3 aromatic carbocycles. The molecule has 0 atom stereocenters. The van der Waals surface area contributed by atoms with Crippen molar-refractivity contribution in [3.05, 3.63) is 87.9 Å². The zero-order valence-corrected chi connectivity index (χ0v) is 17.9. The Labute approximate surface area is 186 Å². The number of anilines is 1. The number of nitrogens with zero attached hydrogens (tertiary/aromatic N) is 2. The fraction of sp³-hybridized carbons (Fsp3) is 0.208. The highest BCUT2D eigenvalue weighted by Crippen LogP contribution is 2.23. The van der Waals surface area contributed by atoms with Crippen LogP contribution in [0.5, 0.6) is 5.75 Å². The molecule has 4 rings (SSSR count). The molecule has 4 nitrogen and oxygen atoms in total. The van der Waals surface area contributed by atoms with E-state index in [2.05, 4.69) is 22.0 Å². The van der Waals surface area contributed by atoms with E-state index in [-0.39, 0.29) is 0 Å². The highest BCUT2D eigenvalue weighted by atomic mass is 35.5. The highest BCUT2D eigenvalue weighted by molar-refractivity contribution is 6.35. The molecule has 1 aliphatic rings. The van der Waals surface area contributed by atoms with Gasteiger partial charge in [-0.25, -0.2) is 0 Å². The number of hydrogen-bond donors (Lipinski definition) is 0. The van der Waals surface area contributed by atoms with E-state index in [9.17, 15) is 0 Å². The smallest absolute Gasteiger partial charge is 0.119 e. The number of rotatable bonds is 6. The third-order valence-corrected chi connectivity index (χ3v) is 5.47. The first kappa shape index (κ1) is 20.7. The summed E-state index contributed by atoms with van der Waals surface area (Å²) in [6, 6.07) is 21.5. The summed E-state index contributed by atoms with van der Waals surface area (Å²) in [6.45, 7) is 3.82. The second-order valence-electron chi connectivity index (χ2n) is 6.97. The molecule has 3 aromatic rings. The first-order valence-corrected chi connectivity index (χ1v) is 10.6. The Morgan fingerprint density at radius 3 is 2.37 bits per heavy atom. The lowest BCUT2D eigenvalue weighted by atomic mass is 10.2. The summed E-state index contributed by atoms with van der Waals surface area (Å²) in [5.41, 5.74) is 4.03. The van der Waals surface area contributed by atoms with Gasteiger partial charge in [-0.1, -0.05) is 29.3 Å². The van der Waals surface area contributed by atoms with Gasteiger partial charge >= 0.3 is 0 Å². The van der Waals surface area contributed by atoms with Crippen LogP contribution in [0.15, 0.2) is 71.7 Å². The van der Waals surface area contributed by atoms with Crippen LogP contribution in [0.4, 0.5) is 11.4 Å². The summed E-state index contributed by atoms with van der Waals surface area (Å²) < 4.78 is 11.2. The Kier molecular flexibility index (Phi) is 6.90. The van der Waals surface area contributed by atoms with Gasteiger partial charge in [0.15, 0.2) is 0 Å². The van der Waals surface area contributed by atoms with Gasteiger partial charge in [0.1, 0.15) is 12.4 Å². The van der Waals surface area contributed by atoms with Crippen molar-refractivity contribution in [2.75, 3.05) is 31.2 Å². The van der Waals surface area contributed by atoms with Crippen LogP contribution in [0.2, 0.25) is 10.0 Å². The van der Waals surface area contributed by atoms with Crippen molar-refractivity contribution in [3.8, 4) is 5.75 Å². The molecule has 6 heteroatoms. The third kappa shape index (κ3) is 5.54. The van der Waals surface area contributed by atoms with Gasteiger partial charge in [0.25, 0.3) is 0 Å². The van der Waals surface area contributed by atoms with Gasteiger partial charge in [0.2, 0.25) is 0 Å². The van der Waals surface area contributed by atoms with Crippen molar-refractivity contribution in [1.82, 2.24) is 0 Å². The van der Waals surface area contributed by atoms with E-state index in [4.69, 9.17) is 32.7 Å². The van der Waals surface area contributed by atoms with Crippen molar-refractivity contribution in [2.24, 2.45) is 4.99 Å². The lowest BCUT2D eigenvalue weighted by molar-refractivity contribution is 0.122. The van der Waals surface area contributed by atoms with Gasteiger partial charge in [-0.2, -0.15) is 0 Å². The summed E-state index contributed by atoms with van der Waals surface area (Å²) in [5.74, 6) is 0.771. The maximum absolute atomic E-state index is 6.18. The molecule has 30 heavy (non-hydrogen) atoms.